The Balaban J connectivity index is 2.25. The molecule has 0 atom stereocenters. The summed E-state index contributed by atoms with van der Waals surface area (Å²) in [6, 6.07) is 5.13. The maximum absolute atomic E-state index is 11.3. The van der Waals surface area contributed by atoms with Gasteiger partial charge in [-0.1, -0.05) is 0 Å². The number of aromatic carboxylic acids is 1. The van der Waals surface area contributed by atoms with Crippen LogP contribution in [0.25, 0.3) is 0 Å². The van der Waals surface area contributed by atoms with Crippen LogP contribution in [0.4, 0.5) is 11.4 Å². The van der Waals surface area contributed by atoms with Crippen LogP contribution in [-0.4, -0.2) is 55.1 Å². The van der Waals surface area contributed by atoms with Crippen LogP contribution in [0.2, 0.25) is 0 Å². The molecule has 0 unspecified atom stereocenters. The lowest BCUT2D eigenvalue weighted by atomic mass is 10.1. The molecule has 0 aliphatic carbocycles. The van der Waals surface area contributed by atoms with Gasteiger partial charge in [-0.25, -0.2) is 4.79 Å². The van der Waals surface area contributed by atoms with Gasteiger partial charge in [-0.3, -0.25) is 4.79 Å². The van der Waals surface area contributed by atoms with Crippen LogP contribution in [0.3, 0.4) is 0 Å². The van der Waals surface area contributed by atoms with E-state index in [-0.39, 0.29) is 11.5 Å². The van der Waals surface area contributed by atoms with E-state index >= 15 is 0 Å². The quantitative estimate of drug-likeness (QED) is 0.865. The number of rotatable bonds is 3. The normalized spacial score (nSPS) is 16.0. The Kier molecular flexibility index (Phi) is 4.24. The maximum atomic E-state index is 11.3. The molecule has 0 bridgehead atoms. The number of carbonyl (C=O) groups is 2. The van der Waals surface area contributed by atoms with Crippen molar-refractivity contribution in [1.29, 1.82) is 0 Å². The number of amides is 1. The Morgan fingerprint density at radius 1 is 1.20 bits per heavy atom. The van der Waals surface area contributed by atoms with Crippen molar-refractivity contribution in [3.8, 4) is 0 Å². The second kappa shape index (κ2) is 5.92. The van der Waals surface area contributed by atoms with Crippen molar-refractivity contribution in [1.82, 2.24) is 4.90 Å². The van der Waals surface area contributed by atoms with E-state index in [0.29, 0.717) is 5.69 Å². The van der Waals surface area contributed by atoms with Gasteiger partial charge < -0.3 is 20.2 Å². The summed E-state index contributed by atoms with van der Waals surface area (Å²) in [5, 5.41) is 11.8. The van der Waals surface area contributed by atoms with Crippen molar-refractivity contribution in [3.63, 3.8) is 0 Å². The molecule has 1 saturated heterocycles. The van der Waals surface area contributed by atoms with Gasteiger partial charge in [0.15, 0.2) is 0 Å². The molecule has 20 heavy (non-hydrogen) atoms. The highest BCUT2D eigenvalue weighted by molar-refractivity contribution is 6.00. The fraction of sp³-hybridized carbons (Fsp3) is 0.429. The third kappa shape index (κ3) is 3.27. The van der Waals surface area contributed by atoms with Gasteiger partial charge in [-0.2, -0.15) is 0 Å². The van der Waals surface area contributed by atoms with Crippen LogP contribution < -0.4 is 10.2 Å². The summed E-state index contributed by atoms with van der Waals surface area (Å²) in [6.45, 7) is 5.01. The van der Waals surface area contributed by atoms with E-state index in [2.05, 4.69) is 22.2 Å². The Bertz CT molecular complexity index is 522. The molecule has 0 saturated carbocycles. The molecule has 6 nitrogen and oxygen atoms in total. The van der Waals surface area contributed by atoms with Crippen LogP contribution in [-0.2, 0) is 4.79 Å². The molecular weight excluding hydrogens is 258 g/mol. The zero-order valence-electron chi connectivity index (χ0n) is 11.7. The molecule has 1 aromatic carbocycles. The minimum Gasteiger partial charge on any atom is -0.478 e. The second-order valence-electron chi connectivity index (χ2n) is 5.01. The number of carboxylic acids is 1. The lowest BCUT2D eigenvalue weighted by molar-refractivity contribution is -0.114. The minimum atomic E-state index is -1.04. The molecule has 1 fully saturated rings. The molecule has 0 radical (unpaired) electrons. The summed E-state index contributed by atoms with van der Waals surface area (Å²) in [5.41, 5.74) is 1.34. The van der Waals surface area contributed by atoms with Crippen LogP contribution in [0.1, 0.15) is 17.3 Å². The van der Waals surface area contributed by atoms with Gasteiger partial charge in [0.1, 0.15) is 0 Å². The van der Waals surface area contributed by atoms with Crippen molar-refractivity contribution in [2.24, 2.45) is 0 Å². The van der Waals surface area contributed by atoms with E-state index in [4.69, 9.17) is 0 Å². The number of anilines is 2. The van der Waals surface area contributed by atoms with E-state index < -0.39 is 5.97 Å². The average molecular weight is 277 g/mol. The summed E-state index contributed by atoms with van der Waals surface area (Å²) in [4.78, 5) is 26.8. The van der Waals surface area contributed by atoms with Crippen LogP contribution >= 0.6 is 0 Å². The molecule has 6 heteroatoms. The monoisotopic (exact) mass is 277 g/mol. The third-order valence-corrected chi connectivity index (χ3v) is 3.41. The summed E-state index contributed by atoms with van der Waals surface area (Å²) in [6.07, 6.45) is 0. The van der Waals surface area contributed by atoms with Crippen molar-refractivity contribution in [3.05, 3.63) is 23.8 Å². The first-order chi connectivity index (χ1) is 9.47. The molecule has 2 N–H and O–H groups in total. The highest BCUT2D eigenvalue weighted by atomic mass is 16.4. The Hall–Kier alpha value is -2.08. The van der Waals surface area contributed by atoms with Crippen molar-refractivity contribution in [2.75, 3.05) is 43.4 Å². The molecule has 0 spiro atoms. The number of nitrogens with zero attached hydrogens (tertiary/aromatic N) is 2. The number of likely N-dealkylation sites (N-methyl/N-ethyl adjacent to an activating group) is 1. The molecule has 0 aromatic heterocycles. The number of hydrogen-bond donors (Lipinski definition) is 2. The number of benzene rings is 1. The van der Waals surface area contributed by atoms with E-state index in [1.165, 1.54) is 6.92 Å². The predicted octanol–water partition coefficient (Wildman–Crippen LogP) is 1.09. The third-order valence-electron chi connectivity index (χ3n) is 3.41. The summed E-state index contributed by atoms with van der Waals surface area (Å²) in [5.74, 6) is -1.32. The summed E-state index contributed by atoms with van der Waals surface area (Å²) < 4.78 is 0. The molecule has 2 rings (SSSR count). The van der Waals surface area contributed by atoms with Crippen molar-refractivity contribution in [2.45, 2.75) is 6.92 Å². The van der Waals surface area contributed by atoms with Crippen molar-refractivity contribution < 1.29 is 14.7 Å². The van der Waals surface area contributed by atoms with Gasteiger partial charge in [0.05, 0.1) is 11.3 Å². The lowest BCUT2D eigenvalue weighted by Gasteiger charge is -2.34. The van der Waals surface area contributed by atoms with Gasteiger partial charge in [0.25, 0.3) is 0 Å². The van der Waals surface area contributed by atoms with Crippen LogP contribution in [0, 0.1) is 0 Å². The fourth-order valence-electron chi connectivity index (χ4n) is 2.27. The van der Waals surface area contributed by atoms with Gasteiger partial charge in [-0.05, 0) is 25.2 Å². The molecular formula is C14H19N3O3. The number of carboxylic acid groups (broad SMARTS) is 1. The smallest absolute Gasteiger partial charge is 0.337 e. The lowest BCUT2D eigenvalue weighted by Crippen LogP contribution is -2.44. The Morgan fingerprint density at radius 2 is 1.85 bits per heavy atom. The van der Waals surface area contributed by atoms with E-state index in [1.807, 2.05) is 6.07 Å². The largest absolute Gasteiger partial charge is 0.478 e. The highest BCUT2D eigenvalue weighted by Gasteiger charge is 2.18. The topological polar surface area (TPSA) is 72.9 Å². The number of piperazine rings is 1. The molecule has 1 heterocycles. The van der Waals surface area contributed by atoms with E-state index in [9.17, 15) is 14.7 Å². The van der Waals surface area contributed by atoms with Crippen LogP contribution in [0.15, 0.2) is 18.2 Å². The average Bonchev–Trinajstić information content (AvgIpc) is 2.39. The van der Waals surface area contributed by atoms with Crippen LogP contribution in [0.5, 0.6) is 0 Å². The number of hydrogen-bond acceptors (Lipinski definition) is 4. The molecule has 1 aliphatic heterocycles. The standard InChI is InChI=1S/C14H19N3O3/c1-10(18)15-13-4-3-11(9-12(13)14(19)20)17-7-5-16(2)6-8-17/h3-4,9H,5-8H2,1-2H3,(H,15,18)(H,19,20). The Labute approximate surface area is 118 Å². The molecule has 1 amide bonds. The van der Waals surface area contributed by atoms with Gasteiger partial charge >= 0.3 is 5.97 Å². The molecule has 1 aliphatic rings. The first-order valence-corrected chi connectivity index (χ1v) is 6.56. The fourth-order valence-corrected chi connectivity index (χ4v) is 2.27. The first kappa shape index (κ1) is 14.3. The van der Waals surface area contributed by atoms with Gasteiger partial charge in [0, 0.05) is 38.8 Å². The Morgan fingerprint density at radius 3 is 2.40 bits per heavy atom. The predicted molar refractivity (Wildman–Crippen MR) is 77.4 cm³/mol. The van der Waals surface area contributed by atoms with Crippen molar-refractivity contribution >= 4 is 23.3 Å². The minimum absolute atomic E-state index is 0.122. The molecule has 108 valence electrons. The van der Waals surface area contributed by atoms with E-state index in [1.54, 1.807) is 12.1 Å². The highest BCUT2D eigenvalue weighted by Crippen LogP contribution is 2.24. The van der Waals surface area contributed by atoms with Gasteiger partial charge in [-0.15, -0.1) is 0 Å². The second-order valence-corrected chi connectivity index (χ2v) is 5.01. The van der Waals surface area contributed by atoms with Gasteiger partial charge in [0.2, 0.25) is 5.91 Å². The zero-order chi connectivity index (χ0) is 14.7. The number of carbonyl (C=O) groups excluding carboxylic acids is 1. The maximum Gasteiger partial charge on any atom is 0.337 e. The summed E-state index contributed by atoms with van der Waals surface area (Å²) in [7, 11) is 2.07. The number of nitrogens with one attached hydrogen (secondary N) is 1. The molecule has 1 aromatic rings. The summed E-state index contributed by atoms with van der Waals surface area (Å²) >= 11 is 0. The SMILES string of the molecule is CC(=O)Nc1ccc(N2CCN(C)CC2)cc1C(=O)O. The zero-order valence-corrected chi connectivity index (χ0v) is 11.7. The van der Waals surface area contributed by atoms with E-state index in [0.717, 1.165) is 31.9 Å². The first-order valence-electron chi connectivity index (χ1n) is 6.56.